The lowest BCUT2D eigenvalue weighted by Crippen LogP contribution is -2.40. The van der Waals surface area contributed by atoms with Crippen LogP contribution in [-0.4, -0.2) is 56.3 Å². The van der Waals surface area contributed by atoms with Gasteiger partial charge in [-0.3, -0.25) is 9.36 Å². The maximum absolute atomic E-state index is 14.1. The molecule has 224 valence electrons. The van der Waals surface area contributed by atoms with Gasteiger partial charge in [-0.1, -0.05) is 18.2 Å². The van der Waals surface area contributed by atoms with Crippen molar-refractivity contribution < 1.29 is 14.2 Å². The van der Waals surface area contributed by atoms with Crippen molar-refractivity contribution >= 4 is 28.6 Å². The fraction of sp³-hybridized carbons (Fsp3) is 0.212. The summed E-state index contributed by atoms with van der Waals surface area (Å²) in [5, 5.41) is 12.6. The second-order valence-electron chi connectivity index (χ2n) is 11.2. The number of anilines is 2. The number of carbonyl (C=O) groups excluding carboxylic acids is 1. The molecule has 3 aromatic carbocycles. The number of rotatable bonds is 9. The van der Waals surface area contributed by atoms with Crippen molar-refractivity contribution in [2.75, 3.05) is 31.3 Å². The van der Waals surface area contributed by atoms with Crippen LogP contribution >= 0.6 is 0 Å². The summed E-state index contributed by atoms with van der Waals surface area (Å²) in [7, 11) is 3.29. The Balaban J connectivity index is 1.35. The molecular weight excluding hydrogens is 558 g/mol. The van der Waals surface area contributed by atoms with Gasteiger partial charge in [-0.25, -0.2) is 19.3 Å². The molecule has 2 aromatic heterocycles. The van der Waals surface area contributed by atoms with Crippen LogP contribution in [0.25, 0.3) is 22.5 Å². The number of amides is 1. The number of carbonyl (C=O) groups is 1. The number of aryl methyl sites for hydroxylation is 1. The quantitative estimate of drug-likeness (QED) is 0.147. The summed E-state index contributed by atoms with van der Waals surface area (Å²) in [4.78, 5) is 37.2. The first kappa shape index (κ1) is 28.8. The molecule has 1 amide bonds. The van der Waals surface area contributed by atoms with Gasteiger partial charge in [0.2, 0.25) is 0 Å². The number of fused-ring (bicyclic) bond motifs is 1. The molecule has 5 aromatic rings. The number of imidazole rings is 1. The average Bonchev–Trinajstić information content (AvgIpc) is 3.82. The van der Waals surface area contributed by atoms with Crippen LogP contribution in [-0.2, 0) is 4.79 Å². The van der Waals surface area contributed by atoms with Gasteiger partial charge < -0.3 is 25.2 Å². The van der Waals surface area contributed by atoms with Crippen LogP contribution < -0.4 is 21.1 Å². The van der Waals surface area contributed by atoms with Crippen LogP contribution in [0.3, 0.4) is 0 Å². The van der Waals surface area contributed by atoms with Gasteiger partial charge in [0.1, 0.15) is 23.3 Å². The maximum atomic E-state index is 14.1. The second-order valence-corrected chi connectivity index (χ2v) is 11.2. The lowest BCUT2D eigenvalue weighted by Gasteiger charge is -2.38. The summed E-state index contributed by atoms with van der Waals surface area (Å²) in [6, 6.07) is 22.1. The molecule has 1 saturated carbocycles. The Morgan fingerprint density at radius 1 is 1.05 bits per heavy atom. The summed E-state index contributed by atoms with van der Waals surface area (Å²) in [5.74, 6) is 1.17. The van der Waals surface area contributed by atoms with E-state index in [1.165, 1.54) is 26.4 Å². The van der Waals surface area contributed by atoms with Crippen LogP contribution in [0, 0.1) is 12.1 Å². The van der Waals surface area contributed by atoms with Crippen molar-refractivity contribution in [3.05, 3.63) is 113 Å². The minimum atomic E-state index is -0.401. The molecule has 1 aliphatic carbocycles. The summed E-state index contributed by atoms with van der Waals surface area (Å²) in [6.45, 7) is 2.12. The number of nitrogens with two attached hydrogens (primary N) is 1. The molecule has 2 heterocycles. The Hall–Kier alpha value is -5.26. The molecule has 0 saturated heterocycles. The third-order valence-corrected chi connectivity index (χ3v) is 7.79. The van der Waals surface area contributed by atoms with Crippen molar-refractivity contribution in [3.63, 3.8) is 0 Å². The Morgan fingerprint density at radius 2 is 1.75 bits per heavy atom. The summed E-state index contributed by atoms with van der Waals surface area (Å²) >= 11 is 0. The second kappa shape index (κ2) is 11.4. The normalized spacial score (nSPS) is 14.5. The topological polar surface area (TPSA) is 131 Å². The number of hydroxylamine groups is 3. The van der Waals surface area contributed by atoms with Gasteiger partial charge in [-0.05, 0) is 73.2 Å². The standard InChI is InChI=1S/C33H33N7O4/c1-22-18-24(37(2)29(41)10-7-17-40(3,43)26-13-14-26)20-25(19-22)39-32-30(31(34)35-21-36-32)38(33(39)42)23-11-15-28(16-12-23)44-27-8-5-4-6-9-27/h4-12,15-16,18-21,26H,13-14,17H2,1-3H3,(H2,34,35,36)/b10-7+. The average molecular weight is 592 g/mol. The maximum Gasteiger partial charge on any atom is 0.339 e. The minimum absolute atomic E-state index is 0.116. The molecule has 6 rings (SSSR count). The number of para-hydroxylation sites is 1. The van der Waals surface area contributed by atoms with E-state index in [9.17, 15) is 14.8 Å². The summed E-state index contributed by atoms with van der Waals surface area (Å²) in [5.41, 5.74) is 9.06. The fourth-order valence-electron chi connectivity index (χ4n) is 5.24. The number of nitrogen functional groups attached to an aromatic ring is 1. The molecule has 0 radical (unpaired) electrons. The first-order valence-corrected chi connectivity index (χ1v) is 14.3. The van der Waals surface area contributed by atoms with Gasteiger partial charge >= 0.3 is 5.69 Å². The van der Waals surface area contributed by atoms with Crippen molar-refractivity contribution in [3.8, 4) is 22.9 Å². The van der Waals surface area contributed by atoms with E-state index in [-0.39, 0.29) is 29.0 Å². The minimum Gasteiger partial charge on any atom is -0.633 e. The monoisotopic (exact) mass is 591 g/mol. The Morgan fingerprint density at radius 3 is 2.45 bits per heavy atom. The lowest BCUT2D eigenvalue weighted by molar-refractivity contribution is -0.865. The van der Waals surface area contributed by atoms with Gasteiger partial charge in [0.15, 0.2) is 11.5 Å². The summed E-state index contributed by atoms with van der Waals surface area (Å²) < 4.78 is 8.47. The highest BCUT2D eigenvalue weighted by Gasteiger charge is 2.34. The van der Waals surface area contributed by atoms with E-state index < -0.39 is 5.69 Å². The summed E-state index contributed by atoms with van der Waals surface area (Å²) in [6.07, 6.45) is 6.22. The third-order valence-electron chi connectivity index (χ3n) is 7.79. The van der Waals surface area contributed by atoms with Crippen molar-refractivity contribution in [2.45, 2.75) is 25.8 Å². The number of quaternary nitrogens is 1. The number of benzene rings is 3. The van der Waals surface area contributed by atoms with E-state index in [4.69, 9.17) is 10.5 Å². The Kier molecular flexibility index (Phi) is 7.50. The zero-order valence-corrected chi connectivity index (χ0v) is 24.8. The van der Waals surface area contributed by atoms with E-state index in [1.54, 1.807) is 50.5 Å². The van der Waals surface area contributed by atoms with Crippen LogP contribution in [0.15, 0.2) is 96.1 Å². The fourth-order valence-corrected chi connectivity index (χ4v) is 5.24. The van der Waals surface area contributed by atoms with E-state index in [1.807, 2.05) is 49.4 Å². The molecule has 1 aliphatic rings. The molecule has 2 N–H and O–H groups in total. The Labute approximate surface area is 254 Å². The SMILES string of the molecule is Cc1cc(N(C)C(=O)/C=C/C[N+](C)([O-])C2CC2)cc(-n2c(=O)n(-c3ccc(Oc4ccccc4)cc3)c3c(N)ncnc32)c1. The van der Waals surface area contributed by atoms with Gasteiger partial charge in [0.25, 0.3) is 5.91 Å². The molecule has 0 spiro atoms. The molecule has 0 bridgehead atoms. The van der Waals surface area contributed by atoms with E-state index in [0.717, 1.165) is 18.4 Å². The number of aromatic nitrogens is 4. The van der Waals surface area contributed by atoms with E-state index >= 15 is 0 Å². The predicted octanol–water partition coefficient (Wildman–Crippen LogP) is 4.88. The highest BCUT2D eigenvalue weighted by Crippen LogP contribution is 2.31. The van der Waals surface area contributed by atoms with Crippen molar-refractivity contribution in [1.29, 1.82) is 0 Å². The number of nitrogens with zero attached hydrogens (tertiary/aromatic N) is 6. The van der Waals surface area contributed by atoms with Crippen molar-refractivity contribution in [2.24, 2.45) is 0 Å². The largest absolute Gasteiger partial charge is 0.633 e. The van der Waals surface area contributed by atoms with Crippen LogP contribution in [0.5, 0.6) is 11.5 Å². The number of hydrogen-bond donors (Lipinski definition) is 1. The van der Waals surface area contributed by atoms with E-state index in [0.29, 0.717) is 39.7 Å². The first-order chi connectivity index (χ1) is 21.1. The Bertz CT molecular complexity index is 1920. The molecule has 44 heavy (non-hydrogen) atoms. The highest BCUT2D eigenvalue weighted by molar-refractivity contribution is 6.01. The lowest BCUT2D eigenvalue weighted by atomic mass is 10.1. The molecule has 1 unspecified atom stereocenters. The van der Waals surface area contributed by atoms with Gasteiger partial charge in [-0.2, -0.15) is 0 Å². The van der Waals surface area contributed by atoms with Crippen LogP contribution in [0.2, 0.25) is 0 Å². The molecule has 1 fully saturated rings. The van der Waals surface area contributed by atoms with Gasteiger partial charge in [0, 0.05) is 31.7 Å². The highest BCUT2D eigenvalue weighted by atomic mass is 16.5. The molecule has 11 nitrogen and oxygen atoms in total. The van der Waals surface area contributed by atoms with E-state index in [2.05, 4.69) is 9.97 Å². The number of hydrogen-bond acceptors (Lipinski definition) is 7. The molecule has 0 aliphatic heterocycles. The number of ether oxygens (including phenoxy) is 1. The number of likely N-dealkylation sites (N-methyl/N-ethyl adjacent to an activating group) is 2. The predicted molar refractivity (Wildman–Crippen MR) is 170 cm³/mol. The van der Waals surface area contributed by atoms with Crippen LogP contribution in [0.1, 0.15) is 18.4 Å². The molecular formula is C33H33N7O4. The van der Waals surface area contributed by atoms with Gasteiger partial charge in [-0.15, -0.1) is 0 Å². The van der Waals surface area contributed by atoms with Gasteiger partial charge in [0.05, 0.1) is 31.0 Å². The van der Waals surface area contributed by atoms with Crippen molar-refractivity contribution in [1.82, 2.24) is 19.1 Å². The smallest absolute Gasteiger partial charge is 0.339 e. The third kappa shape index (κ3) is 5.70. The van der Waals surface area contributed by atoms with Crippen LogP contribution in [0.4, 0.5) is 11.5 Å². The molecule has 11 heteroatoms. The first-order valence-electron chi connectivity index (χ1n) is 14.3. The zero-order chi connectivity index (χ0) is 31.0. The molecule has 1 atom stereocenters. The zero-order valence-electron chi connectivity index (χ0n) is 24.8.